The smallest absolute Gasteiger partial charge is 0.123 e. The van der Waals surface area contributed by atoms with Crippen LogP contribution in [0.4, 0.5) is 4.39 Å². The van der Waals surface area contributed by atoms with Gasteiger partial charge in [-0.2, -0.15) is 5.10 Å². The number of hydrogen-bond acceptors (Lipinski definition) is 2. The summed E-state index contributed by atoms with van der Waals surface area (Å²) in [6.07, 6.45) is 1.67. The molecule has 0 amide bonds. The number of aryl methyl sites for hydroxylation is 1. The average Bonchev–Trinajstić information content (AvgIpc) is 2.61. The SMILES string of the molecule is Cn1ncc(Br)c1C(N)c1cc(F)ccc1Br. The maximum atomic E-state index is 13.2. The standard InChI is InChI=1S/C11H10Br2FN3/c1-17-11(9(13)5-16-17)10(15)7-4-6(14)2-3-8(7)12/h2-5,10H,15H2,1H3. The van der Waals surface area contributed by atoms with Crippen LogP contribution >= 0.6 is 31.9 Å². The minimum absolute atomic E-state index is 0.308. The largest absolute Gasteiger partial charge is 0.319 e. The fourth-order valence-corrected chi connectivity index (χ4v) is 2.76. The van der Waals surface area contributed by atoms with Gasteiger partial charge in [-0.3, -0.25) is 4.68 Å². The zero-order chi connectivity index (χ0) is 12.6. The Kier molecular flexibility index (Phi) is 3.65. The number of hydrogen-bond donors (Lipinski definition) is 1. The highest BCUT2D eigenvalue weighted by molar-refractivity contribution is 9.10. The van der Waals surface area contributed by atoms with Crippen LogP contribution in [0.2, 0.25) is 0 Å². The van der Waals surface area contributed by atoms with Gasteiger partial charge in [0, 0.05) is 11.5 Å². The van der Waals surface area contributed by atoms with Crippen molar-refractivity contribution in [3.63, 3.8) is 0 Å². The second-order valence-corrected chi connectivity index (χ2v) is 5.35. The molecule has 0 saturated heterocycles. The van der Waals surface area contributed by atoms with Gasteiger partial charge in [0.1, 0.15) is 5.82 Å². The molecule has 2 rings (SSSR count). The van der Waals surface area contributed by atoms with Gasteiger partial charge in [0.05, 0.1) is 22.4 Å². The van der Waals surface area contributed by atoms with Gasteiger partial charge in [-0.25, -0.2) is 4.39 Å². The maximum absolute atomic E-state index is 13.2. The van der Waals surface area contributed by atoms with Crippen molar-refractivity contribution in [3.05, 3.63) is 50.4 Å². The summed E-state index contributed by atoms with van der Waals surface area (Å²) in [5.41, 5.74) is 7.64. The molecule has 1 unspecified atom stereocenters. The summed E-state index contributed by atoms with van der Waals surface area (Å²) in [6.45, 7) is 0. The Labute approximate surface area is 115 Å². The van der Waals surface area contributed by atoms with Crippen LogP contribution in [-0.4, -0.2) is 9.78 Å². The van der Waals surface area contributed by atoms with Crippen molar-refractivity contribution >= 4 is 31.9 Å². The van der Waals surface area contributed by atoms with E-state index in [-0.39, 0.29) is 5.82 Å². The third-order valence-corrected chi connectivity index (χ3v) is 3.86. The topological polar surface area (TPSA) is 43.8 Å². The van der Waals surface area contributed by atoms with Crippen LogP contribution in [0.25, 0.3) is 0 Å². The van der Waals surface area contributed by atoms with Crippen molar-refractivity contribution in [2.45, 2.75) is 6.04 Å². The molecule has 0 aliphatic heterocycles. The molecule has 0 aliphatic carbocycles. The van der Waals surface area contributed by atoms with Crippen LogP contribution in [0.5, 0.6) is 0 Å². The van der Waals surface area contributed by atoms with Crippen LogP contribution in [-0.2, 0) is 7.05 Å². The van der Waals surface area contributed by atoms with Gasteiger partial charge < -0.3 is 5.73 Å². The van der Waals surface area contributed by atoms with Crippen molar-refractivity contribution < 1.29 is 4.39 Å². The van der Waals surface area contributed by atoms with Crippen LogP contribution < -0.4 is 5.73 Å². The molecule has 6 heteroatoms. The summed E-state index contributed by atoms with van der Waals surface area (Å²) in [7, 11) is 1.80. The molecule has 0 saturated carbocycles. The van der Waals surface area contributed by atoms with E-state index in [0.717, 1.165) is 14.6 Å². The average molecular weight is 363 g/mol. The number of benzene rings is 1. The van der Waals surface area contributed by atoms with Crippen LogP contribution in [0.15, 0.2) is 33.3 Å². The minimum Gasteiger partial charge on any atom is -0.319 e. The molecular weight excluding hydrogens is 353 g/mol. The first-order valence-corrected chi connectivity index (χ1v) is 6.47. The molecule has 0 fully saturated rings. The summed E-state index contributed by atoms with van der Waals surface area (Å²) >= 11 is 6.76. The van der Waals surface area contributed by atoms with E-state index < -0.39 is 6.04 Å². The van der Waals surface area contributed by atoms with Gasteiger partial charge in [0.2, 0.25) is 0 Å². The predicted octanol–water partition coefficient (Wildman–Crippen LogP) is 3.13. The highest BCUT2D eigenvalue weighted by Gasteiger charge is 2.19. The van der Waals surface area contributed by atoms with Crippen LogP contribution in [0.1, 0.15) is 17.3 Å². The van der Waals surface area contributed by atoms with Crippen molar-refractivity contribution in [2.75, 3.05) is 0 Å². The molecule has 2 N–H and O–H groups in total. The molecule has 1 heterocycles. The van der Waals surface area contributed by atoms with E-state index in [9.17, 15) is 4.39 Å². The molecule has 17 heavy (non-hydrogen) atoms. The summed E-state index contributed by atoms with van der Waals surface area (Å²) in [5, 5.41) is 4.10. The molecule has 0 spiro atoms. The first kappa shape index (κ1) is 12.7. The molecule has 1 atom stereocenters. The van der Waals surface area contributed by atoms with E-state index in [4.69, 9.17) is 5.73 Å². The summed E-state index contributed by atoms with van der Waals surface area (Å²) in [5.74, 6) is -0.308. The highest BCUT2D eigenvalue weighted by Crippen LogP contribution is 2.30. The Hall–Kier alpha value is -0.720. The van der Waals surface area contributed by atoms with Gasteiger partial charge in [-0.05, 0) is 39.7 Å². The van der Waals surface area contributed by atoms with E-state index in [0.29, 0.717) is 5.56 Å². The summed E-state index contributed by atoms with van der Waals surface area (Å²) in [4.78, 5) is 0. The number of halogens is 3. The molecule has 0 bridgehead atoms. The lowest BCUT2D eigenvalue weighted by Gasteiger charge is -2.15. The van der Waals surface area contributed by atoms with E-state index >= 15 is 0 Å². The van der Waals surface area contributed by atoms with Gasteiger partial charge in [0.25, 0.3) is 0 Å². The van der Waals surface area contributed by atoms with Crippen molar-refractivity contribution in [1.29, 1.82) is 0 Å². The monoisotopic (exact) mass is 361 g/mol. The quantitative estimate of drug-likeness (QED) is 0.891. The molecular formula is C11H10Br2FN3. The Bertz CT molecular complexity index is 534. The normalized spacial score (nSPS) is 12.8. The molecule has 0 radical (unpaired) electrons. The van der Waals surface area contributed by atoms with E-state index in [1.165, 1.54) is 12.1 Å². The second-order valence-electron chi connectivity index (χ2n) is 3.64. The Morgan fingerprint density at radius 3 is 2.65 bits per heavy atom. The Morgan fingerprint density at radius 1 is 1.35 bits per heavy atom. The lowest BCUT2D eigenvalue weighted by molar-refractivity contribution is 0.618. The minimum atomic E-state index is -0.443. The van der Waals surface area contributed by atoms with Crippen molar-refractivity contribution in [1.82, 2.24) is 9.78 Å². The molecule has 0 aliphatic rings. The Balaban J connectivity index is 2.50. The van der Waals surface area contributed by atoms with E-state index in [1.807, 2.05) is 0 Å². The molecule has 2 aromatic rings. The van der Waals surface area contributed by atoms with E-state index in [1.54, 1.807) is 24.0 Å². The van der Waals surface area contributed by atoms with Gasteiger partial charge in [0.15, 0.2) is 0 Å². The highest BCUT2D eigenvalue weighted by atomic mass is 79.9. The van der Waals surface area contributed by atoms with Gasteiger partial charge in [-0.15, -0.1) is 0 Å². The predicted molar refractivity (Wildman–Crippen MR) is 71.0 cm³/mol. The molecule has 90 valence electrons. The fraction of sp³-hybridized carbons (Fsp3) is 0.182. The first-order valence-electron chi connectivity index (χ1n) is 4.88. The fourth-order valence-electron chi connectivity index (χ4n) is 1.67. The number of nitrogens with zero attached hydrogens (tertiary/aromatic N) is 2. The lowest BCUT2D eigenvalue weighted by Crippen LogP contribution is -2.17. The number of aromatic nitrogens is 2. The van der Waals surface area contributed by atoms with Crippen molar-refractivity contribution in [2.24, 2.45) is 12.8 Å². The molecule has 1 aromatic heterocycles. The number of nitrogens with two attached hydrogens (primary N) is 1. The first-order chi connectivity index (χ1) is 8.00. The zero-order valence-corrected chi connectivity index (χ0v) is 12.2. The van der Waals surface area contributed by atoms with Crippen LogP contribution in [0.3, 0.4) is 0 Å². The van der Waals surface area contributed by atoms with Gasteiger partial charge in [-0.1, -0.05) is 15.9 Å². The van der Waals surface area contributed by atoms with Crippen LogP contribution in [0, 0.1) is 5.82 Å². The third kappa shape index (κ3) is 2.43. The summed E-state index contributed by atoms with van der Waals surface area (Å²) < 4.78 is 16.5. The zero-order valence-electron chi connectivity index (χ0n) is 8.99. The second kappa shape index (κ2) is 4.88. The van der Waals surface area contributed by atoms with E-state index in [2.05, 4.69) is 37.0 Å². The summed E-state index contributed by atoms with van der Waals surface area (Å²) in [6, 6.07) is 4.02. The van der Waals surface area contributed by atoms with Crippen molar-refractivity contribution in [3.8, 4) is 0 Å². The maximum Gasteiger partial charge on any atom is 0.123 e. The molecule has 1 aromatic carbocycles. The van der Waals surface area contributed by atoms with Gasteiger partial charge >= 0.3 is 0 Å². The Morgan fingerprint density at radius 2 is 2.06 bits per heavy atom. The third-order valence-electron chi connectivity index (χ3n) is 2.53. The number of rotatable bonds is 2. The molecule has 3 nitrogen and oxygen atoms in total. The lowest BCUT2D eigenvalue weighted by atomic mass is 10.0.